The van der Waals surface area contributed by atoms with E-state index in [-0.39, 0.29) is 6.04 Å². The van der Waals surface area contributed by atoms with Gasteiger partial charge in [0.2, 0.25) is 0 Å². The Kier molecular flexibility index (Phi) is 8.35. The first kappa shape index (κ1) is 33.5. The minimum atomic E-state index is -0.547. The lowest BCUT2D eigenvalue weighted by Gasteiger charge is -2.41. The highest BCUT2D eigenvalue weighted by Crippen LogP contribution is 2.60. The van der Waals surface area contributed by atoms with E-state index in [1.54, 1.807) is 0 Å². The maximum absolute atomic E-state index is 6.87. The Morgan fingerprint density at radius 1 is 0.696 bits per heavy atom. The number of fused-ring (bicyclic) bond motifs is 8. The quantitative estimate of drug-likeness (QED) is 0.161. The third kappa shape index (κ3) is 5.69. The molecule has 0 bridgehead atoms. The zero-order valence-electron chi connectivity index (χ0n) is 30.6. The minimum absolute atomic E-state index is 0.350. The van der Waals surface area contributed by atoms with E-state index < -0.39 is 5.41 Å². The molecule has 1 aliphatic carbocycles. The van der Waals surface area contributed by atoms with Gasteiger partial charge >= 0.3 is 0 Å². The molecule has 56 heavy (non-hydrogen) atoms. The van der Waals surface area contributed by atoms with Crippen LogP contribution in [0.3, 0.4) is 0 Å². The Hall–Kier alpha value is -7.08. The molecule has 0 radical (unpaired) electrons. The molecule has 3 aliphatic rings. The first-order valence-electron chi connectivity index (χ1n) is 19.0. The third-order valence-electron chi connectivity index (χ3n) is 11.2. The Balaban J connectivity index is 1.04. The summed E-state index contributed by atoms with van der Waals surface area (Å²) in [4.78, 5) is 9.64. The van der Waals surface area contributed by atoms with E-state index >= 15 is 0 Å². The number of nitrogens with two attached hydrogens (primary N) is 1. The minimum Gasteiger partial charge on any atom is -0.457 e. The molecule has 1 spiro atoms. The fourth-order valence-corrected chi connectivity index (χ4v) is 8.53. The van der Waals surface area contributed by atoms with Gasteiger partial charge in [0.1, 0.15) is 11.5 Å². The molecular weight excluding hydrogens is 685 g/mol. The predicted octanol–water partition coefficient (Wildman–Crippen LogP) is 10.7. The highest BCUT2D eigenvalue weighted by Gasteiger charge is 2.52. The molecule has 5 nitrogen and oxygen atoms in total. The standard InChI is InChI=1S/C51H38N4O/c52-47(38-19-15-36(16-20-38)35-11-5-2-6-12-35)30-48(55-31-34-9-3-1-4-10-34)39-21-17-37(18-22-39)40-23-24-42-41-13-7-8-14-43(41)51(44(42)29-40)45-32-53-27-25-49(45)56-50-26-28-54-33-46(50)51/h1-32,47,54H,33,52H2/b48-30-,55-31+. The lowest BCUT2D eigenvalue weighted by Crippen LogP contribution is -2.39. The van der Waals surface area contributed by atoms with E-state index in [0.29, 0.717) is 6.54 Å². The zero-order chi connectivity index (χ0) is 37.5. The number of nitrogens with one attached hydrogen (secondary N) is 1. The van der Waals surface area contributed by atoms with Crippen molar-refractivity contribution in [1.29, 1.82) is 0 Å². The average molecular weight is 723 g/mol. The molecule has 0 saturated heterocycles. The van der Waals surface area contributed by atoms with E-state index in [4.69, 9.17) is 15.5 Å². The van der Waals surface area contributed by atoms with Gasteiger partial charge in [0.25, 0.3) is 0 Å². The Labute approximate surface area is 326 Å². The van der Waals surface area contributed by atoms with Gasteiger partial charge in [-0.2, -0.15) is 0 Å². The van der Waals surface area contributed by atoms with Crippen molar-refractivity contribution in [2.45, 2.75) is 11.5 Å². The highest BCUT2D eigenvalue weighted by atomic mass is 16.5. The molecule has 2 aliphatic heterocycles. The molecule has 5 heteroatoms. The molecule has 3 N–H and O–H groups in total. The van der Waals surface area contributed by atoms with Gasteiger partial charge in [-0.15, -0.1) is 0 Å². The Morgan fingerprint density at radius 2 is 1.38 bits per heavy atom. The third-order valence-corrected chi connectivity index (χ3v) is 11.2. The van der Waals surface area contributed by atoms with E-state index in [9.17, 15) is 0 Å². The summed E-state index contributed by atoms with van der Waals surface area (Å²) < 4.78 is 6.52. The molecule has 10 rings (SSSR count). The van der Waals surface area contributed by atoms with Gasteiger partial charge in [0.05, 0.1) is 17.2 Å². The van der Waals surface area contributed by atoms with Gasteiger partial charge < -0.3 is 15.8 Å². The van der Waals surface area contributed by atoms with Crippen LogP contribution in [0.15, 0.2) is 205 Å². The van der Waals surface area contributed by atoms with E-state index in [1.165, 1.54) is 33.4 Å². The van der Waals surface area contributed by atoms with Crippen molar-refractivity contribution in [1.82, 2.24) is 10.3 Å². The fourth-order valence-electron chi connectivity index (χ4n) is 8.53. The van der Waals surface area contributed by atoms with Gasteiger partial charge in [-0.05, 0) is 85.5 Å². The van der Waals surface area contributed by atoms with Crippen molar-refractivity contribution in [3.63, 3.8) is 0 Å². The molecule has 2 atom stereocenters. The molecule has 3 heterocycles. The summed E-state index contributed by atoms with van der Waals surface area (Å²) >= 11 is 0. The lowest BCUT2D eigenvalue weighted by atomic mass is 9.65. The van der Waals surface area contributed by atoms with Crippen molar-refractivity contribution in [3.05, 3.63) is 233 Å². The van der Waals surface area contributed by atoms with Gasteiger partial charge in [0.15, 0.2) is 0 Å². The van der Waals surface area contributed by atoms with Crippen LogP contribution >= 0.6 is 0 Å². The van der Waals surface area contributed by atoms with Crippen molar-refractivity contribution < 1.29 is 4.74 Å². The second kappa shape index (κ2) is 14.0. The summed E-state index contributed by atoms with van der Waals surface area (Å²) in [5.74, 6) is 1.73. The summed E-state index contributed by atoms with van der Waals surface area (Å²) in [6.45, 7) is 0.671. The van der Waals surface area contributed by atoms with Crippen LogP contribution in [0.5, 0.6) is 5.75 Å². The molecule has 2 unspecified atom stereocenters. The fraction of sp³-hybridized carbons (Fsp3) is 0.0588. The zero-order valence-corrected chi connectivity index (χ0v) is 30.6. The predicted molar refractivity (Wildman–Crippen MR) is 227 cm³/mol. The molecule has 0 saturated carbocycles. The van der Waals surface area contributed by atoms with Crippen LogP contribution in [0, 0.1) is 0 Å². The number of benzene rings is 6. The molecule has 0 fully saturated rings. The van der Waals surface area contributed by atoms with Crippen LogP contribution in [0.25, 0.3) is 39.1 Å². The van der Waals surface area contributed by atoms with Gasteiger partial charge in [-0.25, -0.2) is 0 Å². The SMILES string of the molecule is NC(/C=C(\N=C\c1ccccc1)c1ccc(-c2ccc3c(c2)C2(C4=C(C=CNC4)Oc4ccncc42)c2ccccc2-3)cc1)c1ccc(-c2ccccc2)cc1. The second-order valence-electron chi connectivity index (χ2n) is 14.4. The summed E-state index contributed by atoms with van der Waals surface area (Å²) in [5, 5.41) is 3.48. The van der Waals surface area contributed by atoms with Gasteiger partial charge in [-0.1, -0.05) is 146 Å². The molecular formula is C51H38N4O. The maximum Gasteiger partial charge on any atom is 0.135 e. The van der Waals surface area contributed by atoms with Crippen molar-refractivity contribution in [2.24, 2.45) is 10.7 Å². The number of aromatic nitrogens is 1. The molecule has 0 amide bonds. The van der Waals surface area contributed by atoms with Gasteiger partial charge in [-0.3, -0.25) is 9.98 Å². The largest absolute Gasteiger partial charge is 0.457 e. The first-order valence-corrected chi connectivity index (χ1v) is 19.0. The maximum atomic E-state index is 6.87. The number of nitrogens with zero attached hydrogens (tertiary/aromatic N) is 2. The highest BCUT2D eigenvalue weighted by molar-refractivity contribution is 5.90. The number of aliphatic imine (C=N–C) groups is 1. The van der Waals surface area contributed by atoms with Crippen molar-refractivity contribution in [2.75, 3.05) is 6.54 Å². The Bertz CT molecular complexity index is 2710. The monoisotopic (exact) mass is 722 g/mol. The molecule has 1 aromatic heterocycles. The van der Waals surface area contributed by atoms with E-state index in [0.717, 1.165) is 56.1 Å². The van der Waals surface area contributed by atoms with Crippen LogP contribution in [0.2, 0.25) is 0 Å². The summed E-state index contributed by atoms with van der Waals surface area (Å²) in [5.41, 5.74) is 22.0. The van der Waals surface area contributed by atoms with E-state index in [1.807, 2.05) is 61.2 Å². The number of rotatable bonds is 7. The van der Waals surface area contributed by atoms with Crippen molar-refractivity contribution in [3.8, 4) is 39.1 Å². The number of hydrogen-bond acceptors (Lipinski definition) is 5. The summed E-state index contributed by atoms with van der Waals surface area (Å²) in [6.07, 6.45) is 11.8. The second-order valence-corrected chi connectivity index (χ2v) is 14.4. The molecule has 6 aromatic carbocycles. The first-order chi connectivity index (χ1) is 27.7. The smallest absolute Gasteiger partial charge is 0.135 e. The lowest BCUT2D eigenvalue weighted by molar-refractivity contribution is 0.389. The van der Waals surface area contributed by atoms with E-state index in [2.05, 4.69) is 144 Å². The van der Waals surface area contributed by atoms with Crippen LogP contribution in [0.1, 0.15) is 39.4 Å². The number of pyridine rings is 1. The number of allylic oxidation sites excluding steroid dienone is 1. The topological polar surface area (TPSA) is 72.5 Å². The number of hydrogen-bond donors (Lipinski definition) is 2. The van der Waals surface area contributed by atoms with Crippen LogP contribution < -0.4 is 15.8 Å². The van der Waals surface area contributed by atoms with Crippen molar-refractivity contribution >= 4 is 11.9 Å². The number of dihydropyridines is 1. The normalized spacial score (nSPS) is 17.1. The summed E-state index contributed by atoms with van der Waals surface area (Å²) in [7, 11) is 0. The Morgan fingerprint density at radius 3 is 2.20 bits per heavy atom. The van der Waals surface area contributed by atoms with Crippen LogP contribution in [0.4, 0.5) is 0 Å². The number of ether oxygens (including phenoxy) is 1. The summed E-state index contributed by atoms with van der Waals surface area (Å²) in [6, 6.07) is 55.0. The molecule has 7 aromatic rings. The van der Waals surface area contributed by atoms with Crippen LogP contribution in [-0.4, -0.2) is 17.7 Å². The molecule has 268 valence electrons. The van der Waals surface area contributed by atoms with Gasteiger partial charge in [0, 0.05) is 42.5 Å². The van der Waals surface area contributed by atoms with Crippen LogP contribution in [-0.2, 0) is 5.41 Å². The average Bonchev–Trinajstić information content (AvgIpc) is 3.56.